The number of carbonyl (C=O) groups excluding carboxylic acids is 1. The van der Waals surface area contributed by atoms with Crippen molar-refractivity contribution in [1.29, 1.82) is 0 Å². The van der Waals surface area contributed by atoms with E-state index in [0.29, 0.717) is 24.0 Å². The molecule has 23 heavy (non-hydrogen) atoms. The van der Waals surface area contributed by atoms with Crippen LogP contribution in [0.15, 0.2) is 29.4 Å². The number of nitrogen functional groups attached to an aromatic ring is 1. The third-order valence-electron chi connectivity index (χ3n) is 3.81. The molecule has 0 aliphatic carbocycles. The van der Waals surface area contributed by atoms with Crippen molar-refractivity contribution in [3.05, 3.63) is 29.8 Å². The van der Waals surface area contributed by atoms with Gasteiger partial charge in [0.2, 0.25) is 5.16 Å². The fourth-order valence-corrected chi connectivity index (χ4v) is 3.31. The van der Waals surface area contributed by atoms with Crippen molar-refractivity contribution >= 4 is 17.7 Å². The van der Waals surface area contributed by atoms with E-state index in [-0.39, 0.29) is 16.6 Å². The Balaban J connectivity index is 1.82. The lowest BCUT2D eigenvalue weighted by Crippen LogP contribution is -2.16. The van der Waals surface area contributed by atoms with Crippen molar-refractivity contribution in [3.8, 4) is 11.4 Å². The molecule has 0 radical (unpaired) electrons. The van der Waals surface area contributed by atoms with E-state index in [0.717, 1.165) is 5.56 Å². The number of nitrogens with two attached hydrogens (primary N) is 1. The molecule has 0 spiro atoms. The van der Waals surface area contributed by atoms with Gasteiger partial charge in [-0.15, -0.1) is 10.2 Å². The minimum atomic E-state index is -0.252. The predicted octanol–water partition coefficient (Wildman–Crippen LogP) is 2.36. The van der Waals surface area contributed by atoms with Gasteiger partial charge in [-0.25, -0.2) is 4.68 Å². The van der Waals surface area contributed by atoms with Gasteiger partial charge in [0.05, 0.1) is 6.61 Å². The lowest BCUT2D eigenvalue weighted by atomic mass is 9.87. The summed E-state index contributed by atoms with van der Waals surface area (Å²) in [7, 11) is 0. The molecule has 1 fully saturated rings. The molecular formula is C16H20N4O2S. The van der Waals surface area contributed by atoms with E-state index in [1.807, 2.05) is 12.1 Å². The minimum absolute atomic E-state index is 0.0960. The molecule has 3 rings (SSSR count). The first-order valence-corrected chi connectivity index (χ1v) is 8.39. The predicted molar refractivity (Wildman–Crippen MR) is 89.5 cm³/mol. The molecule has 1 aliphatic heterocycles. The van der Waals surface area contributed by atoms with E-state index in [4.69, 9.17) is 10.6 Å². The first kappa shape index (κ1) is 15.9. The molecule has 0 unspecified atom stereocenters. The first-order chi connectivity index (χ1) is 10.9. The van der Waals surface area contributed by atoms with Crippen LogP contribution < -0.4 is 5.84 Å². The maximum absolute atomic E-state index is 11.6. The zero-order valence-corrected chi connectivity index (χ0v) is 14.3. The van der Waals surface area contributed by atoms with Crippen molar-refractivity contribution in [1.82, 2.24) is 14.9 Å². The van der Waals surface area contributed by atoms with E-state index in [9.17, 15) is 4.79 Å². The fraction of sp³-hybridized carbons (Fsp3) is 0.438. The summed E-state index contributed by atoms with van der Waals surface area (Å²) >= 11 is 1.30. The summed E-state index contributed by atoms with van der Waals surface area (Å²) in [5.74, 6) is 6.47. The van der Waals surface area contributed by atoms with Gasteiger partial charge in [-0.05, 0) is 11.0 Å². The molecule has 1 aromatic heterocycles. The van der Waals surface area contributed by atoms with Crippen LogP contribution in [-0.4, -0.2) is 32.7 Å². The molecule has 1 atom stereocenters. The number of rotatable bonds is 3. The number of cyclic esters (lactones) is 1. The molecule has 6 nitrogen and oxygen atoms in total. The highest BCUT2D eigenvalue weighted by Gasteiger charge is 2.29. The zero-order valence-electron chi connectivity index (χ0n) is 13.4. The quantitative estimate of drug-likeness (QED) is 0.686. The van der Waals surface area contributed by atoms with Crippen molar-refractivity contribution in [3.63, 3.8) is 0 Å². The van der Waals surface area contributed by atoms with Gasteiger partial charge in [0.25, 0.3) is 0 Å². The Morgan fingerprint density at radius 2 is 1.96 bits per heavy atom. The van der Waals surface area contributed by atoms with Crippen molar-refractivity contribution < 1.29 is 9.53 Å². The zero-order chi connectivity index (χ0) is 16.6. The number of hydrogen-bond donors (Lipinski definition) is 1. The van der Waals surface area contributed by atoms with Crippen molar-refractivity contribution in [2.45, 2.75) is 43.0 Å². The van der Waals surface area contributed by atoms with Crippen LogP contribution in [0, 0.1) is 0 Å². The van der Waals surface area contributed by atoms with Gasteiger partial charge in [-0.3, -0.25) is 4.79 Å². The van der Waals surface area contributed by atoms with Crippen LogP contribution in [0.2, 0.25) is 0 Å². The van der Waals surface area contributed by atoms with Gasteiger partial charge in [0.1, 0.15) is 5.25 Å². The van der Waals surface area contributed by atoms with E-state index in [1.54, 1.807) is 0 Å². The number of thioether (sulfide) groups is 1. The Kier molecular flexibility index (Phi) is 4.06. The van der Waals surface area contributed by atoms with Crippen LogP contribution >= 0.6 is 11.8 Å². The van der Waals surface area contributed by atoms with Gasteiger partial charge in [0, 0.05) is 12.0 Å². The molecule has 1 aromatic carbocycles. The number of aromatic nitrogens is 3. The van der Waals surface area contributed by atoms with Crippen LogP contribution in [0.1, 0.15) is 32.8 Å². The molecule has 1 aliphatic rings. The highest BCUT2D eigenvalue weighted by atomic mass is 32.2. The molecule has 122 valence electrons. The number of esters is 1. The summed E-state index contributed by atoms with van der Waals surface area (Å²) < 4.78 is 6.39. The Hall–Kier alpha value is -2.02. The molecular weight excluding hydrogens is 312 g/mol. The van der Waals surface area contributed by atoms with Gasteiger partial charge >= 0.3 is 5.97 Å². The SMILES string of the molecule is CC(C)(C)c1ccc(-c2nnc(S[C@H]3CCOC3=O)n2N)cc1. The van der Waals surface area contributed by atoms with E-state index < -0.39 is 0 Å². The number of ether oxygens (including phenoxy) is 1. The normalized spacial score (nSPS) is 18.2. The Morgan fingerprint density at radius 3 is 2.52 bits per heavy atom. The highest BCUT2D eigenvalue weighted by Crippen LogP contribution is 2.30. The number of nitrogens with zero attached hydrogens (tertiary/aromatic N) is 3. The largest absolute Gasteiger partial charge is 0.465 e. The summed E-state index contributed by atoms with van der Waals surface area (Å²) in [6.07, 6.45) is 0.673. The van der Waals surface area contributed by atoms with Crippen LogP contribution in [0.5, 0.6) is 0 Å². The maximum Gasteiger partial charge on any atom is 0.319 e. The smallest absolute Gasteiger partial charge is 0.319 e. The third-order valence-corrected chi connectivity index (χ3v) is 5.01. The summed E-state index contributed by atoms with van der Waals surface area (Å²) in [6.45, 7) is 6.96. The van der Waals surface area contributed by atoms with Gasteiger partial charge < -0.3 is 10.6 Å². The Morgan fingerprint density at radius 1 is 1.26 bits per heavy atom. The number of benzene rings is 1. The van der Waals surface area contributed by atoms with Gasteiger partial charge in [-0.2, -0.15) is 0 Å². The summed E-state index contributed by atoms with van der Waals surface area (Å²) in [5.41, 5.74) is 2.24. The fourth-order valence-electron chi connectivity index (χ4n) is 2.39. The topological polar surface area (TPSA) is 83.0 Å². The second kappa shape index (κ2) is 5.88. The molecule has 1 saturated heterocycles. The van der Waals surface area contributed by atoms with E-state index in [1.165, 1.54) is 22.0 Å². The Bertz CT molecular complexity index is 719. The lowest BCUT2D eigenvalue weighted by Gasteiger charge is -2.19. The average Bonchev–Trinajstić information content (AvgIpc) is 3.06. The summed E-state index contributed by atoms with van der Waals surface area (Å²) in [6, 6.07) is 8.13. The van der Waals surface area contributed by atoms with E-state index in [2.05, 4.69) is 43.1 Å². The van der Waals surface area contributed by atoms with Gasteiger partial charge in [0.15, 0.2) is 5.82 Å². The number of hydrogen-bond acceptors (Lipinski definition) is 6. The van der Waals surface area contributed by atoms with E-state index >= 15 is 0 Å². The van der Waals surface area contributed by atoms with Crippen LogP contribution in [-0.2, 0) is 14.9 Å². The van der Waals surface area contributed by atoms with Crippen LogP contribution in [0.3, 0.4) is 0 Å². The summed E-state index contributed by atoms with van der Waals surface area (Å²) in [4.78, 5) is 11.6. The standard InChI is InChI=1S/C16H20N4O2S/c1-16(2,3)11-6-4-10(5-7-11)13-18-19-15(20(13)17)23-12-8-9-22-14(12)21/h4-7,12H,8-9,17H2,1-3H3/t12-/m0/s1. The molecule has 2 heterocycles. The minimum Gasteiger partial charge on any atom is -0.465 e. The van der Waals surface area contributed by atoms with Gasteiger partial charge in [-0.1, -0.05) is 56.8 Å². The van der Waals surface area contributed by atoms with Crippen molar-refractivity contribution in [2.75, 3.05) is 12.4 Å². The summed E-state index contributed by atoms with van der Waals surface area (Å²) in [5, 5.41) is 8.53. The first-order valence-electron chi connectivity index (χ1n) is 7.51. The van der Waals surface area contributed by atoms with Crippen LogP contribution in [0.25, 0.3) is 11.4 Å². The second-order valence-corrected chi connectivity index (χ2v) is 7.74. The average molecular weight is 332 g/mol. The maximum atomic E-state index is 11.6. The molecule has 7 heteroatoms. The molecule has 2 aromatic rings. The molecule has 2 N–H and O–H groups in total. The monoisotopic (exact) mass is 332 g/mol. The second-order valence-electron chi connectivity index (χ2n) is 6.57. The highest BCUT2D eigenvalue weighted by molar-refractivity contribution is 8.00. The third kappa shape index (κ3) is 3.19. The Labute approximate surface area is 139 Å². The molecule has 0 saturated carbocycles. The molecule has 0 bridgehead atoms. The molecule has 0 amide bonds. The van der Waals surface area contributed by atoms with Crippen LogP contribution in [0.4, 0.5) is 0 Å². The lowest BCUT2D eigenvalue weighted by molar-refractivity contribution is -0.137. The number of carbonyl (C=O) groups is 1. The van der Waals surface area contributed by atoms with Crippen molar-refractivity contribution in [2.24, 2.45) is 0 Å².